The van der Waals surface area contributed by atoms with Crippen LogP contribution in [0.4, 0.5) is 34.1 Å². The lowest BCUT2D eigenvalue weighted by atomic mass is 9.65. The molecule has 5 heteroatoms. The van der Waals surface area contributed by atoms with Gasteiger partial charge < -0.3 is 23.2 Å². The number of anilines is 6. The summed E-state index contributed by atoms with van der Waals surface area (Å²) in [7, 11) is 0. The molecule has 0 N–H and O–H groups in total. The molecule has 16 aromatic rings. The van der Waals surface area contributed by atoms with Gasteiger partial charge in [-0.15, -0.1) is 0 Å². The van der Waals surface area contributed by atoms with E-state index in [1.807, 2.05) is 0 Å². The molecule has 1 aliphatic carbocycles. The summed E-state index contributed by atoms with van der Waals surface area (Å²) in [5, 5.41) is 11.5. The third kappa shape index (κ3) is 6.07. The van der Waals surface area contributed by atoms with Crippen LogP contribution in [0.3, 0.4) is 0 Å². The van der Waals surface area contributed by atoms with Crippen molar-refractivity contribution in [2.75, 3.05) is 9.80 Å². The molecule has 0 saturated heterocycles. The van der Waals surface area contributed by atoms with Gasteiger partial charge in [-0.3, -0.25) is 0 Å². The van der Waals surface area contributed by atoms with Crippen molar-refractivity contribution in [3.63, 3.8) is 0 Å². The number of rotatable bonds is 6. The van der Waals surface area contributed by atoms with Gasteiger partial charge in [-0.2, -0.15) is 0 Å². The standard InChI is InChI=1S/C79H53N3O2/c1-46-22-5-13-38-64(46)80(68-42-20-34-58-56-32-17-24-48(3)75(56)83-77(58)68)70-44-62-72(53-29-9-7-26-50(53)70)73-54-30-10-8-27-51(54)71(81(65-39-14-6-23-47(65)2)69-43-21-35-59-57-33-18-25-49(4)76(57)84-78(59)69)45-63(73)79(62)60-36-12-16-41-67(60)82-66-40-15-11-28-52(66)55-31-19-37-61(79)74(55)82/h5-45H,1-4H3. The first-order valence-electron chi connectivity index (χ1n) is 29.2. The van der Waals surface area contributed by atoms with E-state index in [9.17, 15) is 0 Å². The monoisotopic (exact) mass is 1080 g/mol. The molecule has 18 rings (SSSR count). The number of furan rings is 2. The largest absolute Gasteiger partial charge is 0.454 e. The Bertz CT molecular complexity index is 5280. The van der Waals surface area contributed by atoms with Crippen LogP contribution in [-0.2, 0) is 5.41 Å². The summed E-state index contributed by atoms with van der Waals surface area (Å²) in [6.07, 6.45) is 0. The highest BCUT2D eigenvalue weighted by Crippen LogP contribution is 2.66. The van der Waals surface area contributed by atoms with Gasteiger partial charge in [0.05, 0.1) is 44.9 Å². The van der Waals surface area contributed by atoms with Gasteiger partial charge in [-0.25, -0.2) is 0 Å². The summed E-state index contributed by atoms with van der Waals surface area (Å²) >= 11 is 0. The fourth-order valence-corrected chi connectivity index (χ4v) is 15.3. The molecule has 1 aliphatic heterocycles. The van der Waals surface area contributed by atoms with Crippen molar-refractivity contribution >= 4 is 121 Å². The number of aryl methyl sites for hydroxylation is 4. The molecule has 1 spiro atoms. The average Bonchev–Trinajstić information content (AvgIpc) is 1.70. The molecule has 0 atom stereocenters. The van der Waals surface area contributed by atoms with Crippen LogP contribution in [0.1, 0.15) is 44.5 Å². The fourth-order valence-electron chi connectivity index (χ4n) is 15.3. The third-order valence-corrected chi connectivity index (χ3v) is 18.8. The smallest absolute Gasteiger partial charge is 0.159 e. The van der Waals surface area contributed by atoms with E-state index in [2.05, 4.69) is 291 Å². The molecule has 0 radical (unpaired) electrons. The van der Waals surface area contributed by atoms with E-state index in [0.29, 0.717) is 0 Å². The van der Waals surface area contributed by atoms with Crippen LogP contribution in [-0.4, -0.2) is 4.57 Å². The van der Waals surface area contributed by atoms with E-state index < -0.39 is 5.41 Å². The van der Waals surface area contributed by atoms with Gasteiger partial charge in [0.25, 0.3) is 0 Å². The molecular weight excluding hydrogens is 1020 g/mol. The maximum Gasteiger partial charge on any atom is 0.159 e. The van der Waals surface area contributed by atoms with Gasteiger partial charge >= 0.3 is 0 Å². The summed E-state index contributed by atoms with van der Waals surface area (Å²) in [5.41, 5.74) is 24.5. The maximum absolute atomic E-state index is 7.16. The van der Waals surface area contributed by atoms with Crippen LogP contribution in [0.2, 0.25) is 0 Å². The molecule has 84 heavy (non-hydrogen) atoms. The molecule has 3 aromatic heterocycles. The van der Waals surface area contributed by atoms with Crippen molar-refractivity contribution in [1.29, 1.82) is 0 Å². The van der Waals surface area contributed by atoms with E-state index in [1.54, 1.807) is 0 Å². The number of nitrogens with zero attached hydrogens (tertiary/aromatic N) is 3. The van der Waals surface area contributed by atoms with Crippen LogP contribution >= 0.6 is 0 Å². The topological polar surface area (TPSA) is 37.7 Å². The van der Waals surface area contributed by atoms with Crippen molar-refractivity contribution in [3.05, 3.63) is 293 Å². The van der Waals surface area contributed by atoms with Gasteiger partial charge in [-0.1, -0.05) is 200 Å². The molecule has 5 nitrogen and oxygen atoms in total. The van der Waals surface area contributed by atoms with Crippen molar-refractivity contribution < 1.29 is 8.83 Å². The van der Waals surface area contributed by atoms with Gasteiger partial charge in [0.1, 0.15) is 11.2 Å². The number of benzene rings is 13. The molecular formula is C79H53N3O2. The van der Waals surface area contributed by atoms with Gasteiger partial charge in [-0.05, 0) is 143 Å². The predicted molar refractivity (Wildman–Crippen MR) is 350 cm³/mol. The lowest BCUT2D eigenvalue weighted by Crippen LogP contribution is -2.34. The molecule has 13 aromatic carbocycles. The molecule has 2 aliphatic rings. The Labute approximate surface area is 485 Å². The fraction of sp³-hybridized carbons (Fsp3) is 0.0633. The van der Waals surface area contributed by atoms with E-state index in [1.165, 1.54) is 71.6 Å². The van der Waals surface area contributed by atoms with Gasteiger partial charge in [0, 0.05) is 54.5 Å². The van der Waals surface area contributed by atoms with Crippen LogP contribution in [0.25, 0.3) is 104 Å². The Kier molecular flexibility index (Phi) is 9.64. The second-order valence-corrected chi connectivity index (χ2v) is 23.2. The first-order chi connectivity index (χ1) is 41.4. The second kappa shape index (κ2) is 17.2. The molecule has 0 amide bonds. The molecule has 0 saturated carbocycles. The lowest BCUT2D eigenvalue weighted by molar-refractivity contribution is 0.665. The summed E-state index contributed by atoms with van der Waals surface area (Å²) in [5.74, 6) is 0. The minimum atomic E-state index is -0.873. The zero-order valence-corrected chi connectivity index (χ0v) is 46.8. The van der Waals surface area contributed by atoms with Gasteiger partial charge in [0.15, 0.2) is 11.2 Å². The molecule has 0 fully saturated rings. The van der Waals surface area contributed by atoms with E-state index in [0.717, 1.165) is 111 Å². The maximum atomic E-state index is 7.16. The van der Waals surface area contributed by atoms with Crippen molar-refractivity contribution in [2.24, 2.45) is 0 Å². The van der Waals surface area contributed by atoms with E-state index in [4.69, 9.17) is 8.83 Å². The first kappa shape index (κ1) is 47.1. The second-order valence-electron chi connectivity index (χ2n) is 23.2. The van der Waals surface area contributed by atoms with Crippen molar-refractivity contribution in [3.8, 4) is 16.8 Å². The van der Waals surface area contributed by atoms with Crippen LogP contribution < -0.4 is 9.80 Å². The zero-order chi connectivity index (χ0) is 55.7. The predicted octanol–water partition coefficient (Wildman–Crippen LogP) is 21.7. The minimum Gasteiger partial charge on any atom is -0.454 e. The number of hydrogen-bond acceptors (Lipinski definition) is 4. The Balaban J connectivity index is 1.04. The lowest BCUT2D eigenvalue weighted by Gasteiger charge is -2.40. The number of aromatic nitrogens is 1. The molecule has 0 unspecified atom stereocenters. The number of hydrogen-bond donors (Lipinski definition) is 0. The normalized spacial score (nSPS) is 13.1. The van der Waals surface area contributed by atoms with Crippen LogP contribution in [0.15, 0.2) is 258 Å². The molecule has 396 valence electrons. The highest BCUT2D eigenvalue weighted by molar-refractivity contribution is 6.22. The number of fused-ring (bicyclic) bond motifs is 22. The van der Waals surface area contributed by atoms with Crippen molar-refractivity contribution in [2.45, 2.75) is 33.1 Å². The summed E-state index contributed by atoms with van der Waals surface area (Å²) in [6.45, 7) is 8.75. The Morgan fingerprint density at radius 1 is 0.286 bits per heavy atom. The van der Waals surface area contributed by atoms with E-state index >= 15 is 0 Å². The summed E-state index contributed by atoms with van der Waals surface area (Å²) < 4.78 is 16.9. The first-order valence-corrected chi connectivity index (χ1v) is 29.2. The molecule has 4 heterocycles. The van der Waals surface area contributed by atoms with Gasteiger partial charge in [0.2, 0.25) is 0 Å². The summed E-state index contributed by atoms with van der Waals surface area (Å²) in [4.78, 5) is 5.00. The van der Waals surface area contributed by atoms with E-state index in [-0.39, 0.29) is 0 Å². The molecule has 0 bridgehead atoms. The SMILES string of the molecule is Cc1ccccc1N(c1cc2c(c3ccccc13)-c1c(cc(N(c3ccccc3C)c3cccc4c3oc3c(C)cccc34)c3ccccc13)C21c2ccccc2-n2c3ccccc3c3cccc1c32)c1cccc2c1oc1c(C)cccc12. The Hall–Kier alpha value is -10.6. The zero-order valence-electron chi connectivity index (χ0n) is 46.8. The van der Waals surface area contributed by atoms with Crippen molar-refractivity contribution in [1.82, 2.24) is 4.57 Å². The quantitative estimate of drug-likeness (QED) is 0.166. The highest BCUT2D eigenvalue weighted by atomic mass is 16.3. The Morgan fingerprint density at radius 2 is 0.667 bits per heavy atom. The summed E-state index contributed by atoms with van der Waals surface area (Å²) in [6, 6.07) is 92.7. The Morgan fingerprint density at radius 3 is 1.21 bits per heavy atom. The third-order valence-electron chi connectivity index (χ3n) is 18.8. The highest BCUT2D eigenvalue weighted by Gasteiger charge is 2.53. The van der Waals surface area contributed by atoms with Crippen LogP contribution in [0, 0.1) is 27.7 Å². The van der Waals surface area contributed by atoms with Crippen LogP contribution in [0.5, 0.6) is 0 Å². The minimum absolute atomic E-state index is 0.853. The average molecular weight is 1080 g/mol. The number of para-hydroxylation sites is 9.